The van der Waals surface area contributed by atoms with Gasteiger partial charge in [0.15, 0.2) is 6.10 Å². The van der Waals surface area contributed by atoms with Gasteiger partial charge >= 0.3 is 5.97 Å². The lowest BCUT2D eigenvalue weighted by Crippen LogP contribution is -2.32. The van der Waals surface area contributed by atoms with Crippen molar-refractivity contribution >= 4 is 5.97 Å². The molecule has 4 heteroatoms. The third kappa shape index (κ3) is 2.48. The van der Waals surface area contributed by atoms with E-state index in [9.17, 15) is 4.79 Å². The molecule has 0 saturated carbocycles. The van der Waals surface area contributed by atoms with Crippen LogP contribution in [-0.4, -0.2) is 23.8 Å². The molecule has 1 aromatic carbocycles. The first-order valence-electron chi connectivity index (χ1n) is 6.00. The predicted octanol–water partition coefficient (Wildman–Crippen LogP) is 2.56. The maximum absolute atomic E-state index is 11.0. The van der Waals surface area contributed by atoms with Gasteiger partial charge in [0.25, 0.3) is 0 Å². The van der Waals surface area contributed by atoms with Gasteiger partial charge in [-0.05, 0) is 49.9 Å². The van der Waals surface area contributed by atoms with Gasteiger partial charge < -0.3 is 14.6 Å². The molecule has 0 amide bonds. The van der Waals surface area contributed by atoms with Crippen molar-refractivity contribution in [2.45, 2.75) is 38.4 Å². The van der Waals surface area contributed by atoms with Crippen LogP contribution in [0, 0.1) is 0 Å². The Labute approximate surface area is 107 Å². The van der Waals surface area contributed by atoms with Gasteiger partial charge in [-0.2, -0.15) is 0 Å². The van der Waals surface area contributed by atoms with Crippen LogP contribution in [0.3, 0.4) is 0 Å². The van der Waals surface area contributed by atoms with Crippen molar-refractivity contribution in [2.24, 2.45) is 0 Å². The van der Waals surface area contributed by atoms with Crippen LogP contribution in [0.15, 0.2) is 18.2 Å². The Bertz CT molecular complexity index is 465. The van der Waals surface area contributed by atoms with Crippen LogP contribution in [0.1, 0.15) is 37.5 Å². The van der Waals surface area contributed by atoms with E-state index < -0.39 is 12.1 Å². The van der Waals surface area contributed by atoms with Crippen molar-refractivity contribution in [3.05, 3.63) is 29.3 Å². The number of aryl methyl sites for hydroxylation is 1. The van der Waals surface area contributed by atoms with Gasteiger partial charge in [0.1, 0.15) is 11.4 Å². The van der Waals surface area contributed by atoms with Crippen LogP contribution in [0.5, 0.6) is 5.75 Å². The highest BCUT2D eigenvalue weighted by molar-refractivity contribution is 5.74. The van der Waals surface area contributed by atoms with Crippen molar-refractivity contribution in [3.8, 4) is 5.75 Å². The molecule has 0 saturated heterocycles. The predicted molar refractivity (Wildman–Crippen MR) is 66.9 cm³/mol. The number of benzene rings is 1. The number of aliphatic carboxylic acids is 1. The third-order valence-corrected chi connectivity index (χ3v) is 3.23. The molecule has 0 aliphatic carbocycles. The van der Waals surface area contributed by atoms with E-state index in [0.717, 1.165) is 24.2 Å². The van der Waals surface area contributed by atoms with Crippen LogP contribution < -0.4 is 4.74 Å². The molecule has 1 aromatic rings. The Hall–Kier alpha value is -1.55. The maximum Gasteiger partial charge on any atom is 0.337 e. The summed E-state index contributed by atoms with van der Waals surface area (Å²) in [7, 11) is 1.40. The molecule has 0 unspecified atom stereocenters. The van der Waals surface area contributed by atoms with Gasteiger partial charge in [-0.3, -0.25) is 0 Å². The highest BCUT2D eigenvalue weighted by atomic mass is 16.5. The van der Waals surface area contributed by atoms with E-state index in [1.807, 2.05) is 12.1 Å². The minimum absolute atomic E-state index is 0.151. The normalized spacial score (nSPS) is 18.6. The summed E-state index contributed by atoms with van der Waals surface area (Å²) in [6, 6.07) is 5.45. The van der Waals surface area contributed by atoms with E-state index in [0.29, 0.717) is 5.56 Å². The lowest BCUT2D eigenvalue weighted by atomic mass is 9.92. The first-order chi connectivity index (χ1) is 8.43. The fourth-order valence-corrected chi connectivity index (χ4v) is 2.22. The molecule has 1 N–H and O–H groups in total. The van der Waals surface area contributed by atoms with E-state index in [-0.39, 0.29) is 5.60 Å². The van der Waals surface area contributed by atoms with Gasteiger partial charge in [-0.15, -0.1) is 0 Å². The number of methoxy groups -OCH3 is 1. The van der Waals surface area contributed by atoms with E-state index in [1.165, 1.54) is 7.11 Å². The Morgan fingerprint density at radius 1 is 1.50 bits per heavy atom. The van der Waals surface area contributed by atoms with E-state index >= 15 is 0 Å². The largest absolute Gasteiger partial charge is 0.488 e. The first kappa shape index (κ1) is 12.9. The van der Waals surface area contributed by atoms with Crippen LogP contribution in [0.25, 0.3) is 0 Å². The Kier molecular flexibility index (Phi) is 3.30. The number of hydrogen-bond donors (Lipinski definition) is 1. The standard InChI is InChI=1S/C14H18O4/c1-14(2)7-6-9-8-10(4-5-11(9)18-14)12(17-3)13(15)16/h4-5,8,12H,6-7H2,1-3H3,(H,15,16)/t12-/m0/s1. The van der Waals surface area contributed by atoms with Crippen LogP contribution in [0.4, 0.5) is 0 Å². The summed E-state index contributed by atoms with van der Waals surface area (Å²) in [5, 5.41) is 9.06. The Morgan fingerprint density at radius 2 is 2.22 bits per heavy atom. The average Bonchev–Trinajstić information content (AvgIpc) is 2.29. The SMILES string of the molecule is CO[C@H](C(=O)O)c1ccc2c(c1)CCC(C)(C)O2. The molecule has 1 aliphatic rings. The smallest absolute Gasteiger partial charge is 0.337 e. The second kappa shape index (κ2) is 4.61. The number of ether oxygens (including phenoxy) is 2. The maximum atomic E-state index is 11.0. The van der Waals surface area contributed by atoms with Gasteiger partial charge in [-0.25, -0.2) is 4.79 Å². The van der Waals surface area contributed by atoms with E-state index in [1.54, 1.807) is 6.07 Å². The summed E-state index contributed by atoms with van der Waals surface area (Å²) in [6.07, 6.45) is 0.908. The molecule has 0 fully saturated rings. The summed E-state index contributed by atoms with van der Waals surface area (Å²) in [6.45, 7) is 4.11. The molecule has 4 nitrogen and oxygen atoms in total. The highest BCUT2D eigenvalue weighted by Crippen LogP contribution is 2.34. The lowest BCUT2D eigenvalue weighted by molar-refractivity contribution is -0.148. The molecule has 0 spiro atoms. The molecule has 98 valence electrons. The van der Waals surface area contributed by atoms with Crippen LogP contribution >= 0.6 is 0 Å². The fourth-order valence-electron chi connectivity index (χ4n) is 2.22. The number of hydrogen-bond acceptors (Lipinski definition) is 3. The quantitative estimate of drug-likeness (QED) is 0.895. The minimum Gasteiger partial charge on any atom is -0.488 e. The highest BCUT2D eigenvalue weighted by Gasteiger charge is 2.28. The van der Waals surface area contributed by atoms with Crippen molar-refractivity contribution < 1.29 is 19.4 Å². The van der Waals surface area contributed by atoms with Crippen molar-refractivity contribution in [3.63, 3.8) is 0 Å². The fraction of sp³-hybridized carbons (Fsp3) is 0.500. The Morgan fingerprint density at radius 3 is 2.83 bits per heavy atom. The van der Waals surface area contributed by atoms with Gasteiger partial charge in [0, 0.05) is 7.11 Å². The monoisotopic (exact) mass is 250 g/mol. The Balaban J connectivity index is 2.31. The molecule has 1 aliphatic heterocycles. The molecule has 0 aromatic heterocycles. The van der Waals surface area contributed by atoms with Crippen LogP contribution in [-0.2, 0) is 16.0 Å². The molecule has 0 radical (unpaired) electrons. The minimum atomic E-state index is -0.977. The molecule has 0 bridgehead atoms. The zero-order chi connectivity index (χ0) is 13.3. The molecular formula is C14H18O4. The second-order valence-electron chi connectivity index (χ2n) is 5.18. The topological polar surface area (TPSA) is 55.8 Å². The number of carboxylic acid groups (broad SMARTS) is 1. The van der Waals surface area contributed by atoms with Crippen LogP contribution in [0.2, 0.25) is 0 Å². The van der Waals surface area contributed by atoms with E-state index in [4.69, 9.17) is 14.6 Å². The summed E-state index contributed by atoms with van der Waals surface area (Å²) in [5.41, 5.74) is 1.56. The van der Waals surface area contributed by atoms with Gasteiger partial charge in [0.2, 0.25) is 0 Å². The summed E-state index contributed by atoms with van der Waals surface area (Å²) in [5.74, 6) is -0.134. The van der Waals surface area contributed by atoms with Crippen molar-refractivity contribution in [1.29, 1.82) is 0 Å². The molecular weight excluding hydrogens is 232 g/mol. The van der Waals surface area contributed by atoms with Gasteiger partial charge in [0.05, 0.1) is 0 Å². The van der Waals surface area contributed by atoms with E-state index in [2.05, 4.69) is 13.8 Å². The van der Waals surface area contributed by atoms with Crippen molar-refractivity contribution in [1.82, 2.24) is 0 Å². The third-order valence-electron chi connectivity index (χ3n) is 3.23. The molecule has 18 heavy (non-hydrogen) atoms. The number of carbonyl (C=O) groups is 1. The van der Waals surface area contributed by atoms with Crippen molar-refractivity contribution in [2.75, 3.05) is 7.11 Å². The number of rotatable bonds is 3. The summed E-state index contributed by atoms with van der Waals surface area (Å²) >= 11 is 0. The zero-order valence-corrected chi connectivity index (χ0v) is 10.9. The average molecular weight is 250 g/mol. The first-order valence-corrected chi connectivity index (χ1v) is 6.00. The van der Waals surface area contributed by atoms with Gasteiger partial charge in [-0.1, -0.05) is 6.07 Å². The second-order valence-corrected chi connectivity index (χ2v) is 5.18. The molecule has 1 heterocycles. The zero-order valence-electron chi connectivity index (χ0n) is 10.9. The summed E-state index contributed by atoms with van der Waals surface area (Å²) < 4.78 is 10.8. The number of carboxylic acids is 1. The summed E-state index contributed by atoms with van der Waals surface area (Å²) in [4.78, 5) is 11.0. The molecule has 1 atom stereocenters. The number of fused-ring (bicyclic) bond motifs is 1. The molecule has 2 rings (SSSR count). The lowest BCUT2D eigenvalue weighted by Gasteiger charge is -2.33.